The number of carbonyl (C=O) groups excluding carboxylic acids is 1. The number of rotatable bonds is 6. The van der Waals surface area contributed by atoms with Gasteiger partial charge in [0.15, 0.2) is 0 Å². The molecule has 6 heteroatoms. The Bertz CT molecular complexity index is 539. The summed E-state index contributed by atoms with van der Waals surface area (Å²) in [7, 11) is 2.02. The summed E-state index contributed by atoms with van der Waals surface area (Å²) in [6, 6.07) is 0.123. The highest BCUT2D eigenvalue weighted by molar-refractivity contribution is 5.73. The molecule has 1 saturated carbocycles. The van der Waals surface area contributed by atoms with Gasteiger partial charge in [0, 0.05) is 46.0 Å². The number of carbonyl (C=O) groups is 1. The summed E-state index contributed by atoms with van der Waals surface area (Å²) >= 11 is 0. The van der Waals surface area contributed by atoms with E-state index in [4.69, 9.17) is 4.74 Å². The van der Waals surface area contributed by atoms with Gasteiger partial charge in [-0.1, -0.05) is 19.3 Å². The van der Waals surface area contributed by atoms with E-state index in [-0.39, 0.29) is 17.9 Å². The van der Waals surface area contributed by atoms with E-state index in [0.717, 1.165) is 32.1 Å². The average Bonchev–Trinajstić information content (AvgIpc) is 3.14. The molecule has 0 aromatic carbocycles. The molecule has 1 N–H and O–H groups in total. The Morgan fingerprint density at radius 1 is 1.33 bits per heavy atom. The third-order valence-corrected chi connectivity index (χ3v) is 5.29. The van der Waals surface area contributed by atoms with Gasteiger partial charge in [-0.05, 0) is 12.8 Å². The van der Waals surface area contributed by atoms with Gasteiger partial charge in [-0.15, -0.1) is 0 Å². The number of nitrogens with zero attached hydrogens (tertiary/aromatic N) is 3. The maximum absolute atomic E-state index is 11.5. The molecule has 2 aliphatic rings. The topological polar surface area (TPSA) is 59.4 Å². The SMILES string of the molecule is CC(=O)N[C@@H]1CN(CCOC2CCCCC2)C[C@H]1c1nccn1C. The number of hydrogen-bond acceptors (Lipinski definition) is 4. The lowest BCUT2D eigenvalue weighted by Crippen LogP contribution is -2.39. The monoisotopic (exact) mass is 334 g/mol. The molecule has 1 aliphatic carbocycles. The van der Waals surface area contributed by atoms with Gasteiger partial charge in [-0.3, -0.25) is 9.69 Å². The van der Waals surface area contributed by atoms with Crippen molar-refractivity contribution in [1.29, 1.82) is 0 Å². The van der Waals surface area contributed by atoms with Crippen molar-refractivity contribution in [3.63, 3.8) is 0 Å². The van der Waals surface area contributed by atoms with Gasteiger partial charge >= 0.3 is 0 Å². The second kappa shape index (κ2) is 8.12. The van der Waals surface area contributed by atoms with E-state index < -0.39 is 0 Å². The molecule has 2 atom stereocenters. The van der Waals surface area contributed by atoms with Crippen LogP contribution in [0.4, 0.5) is 0 Å². The van der Waals surface area contributed by atoms with Crippen molar-refractivity contribution in [2.45, 2.75) is 57.1 Å². The number of aryl methyl sites for hydroxylation is 1. The minimum atomic E-state index is 0.0273. The van der Waals surface area contributed by atoms with Crippen LogP contribution in [-0.4, -0.2) is 58.7 Å². The van der Waals surface area contributed by atoms with E-state index in [2.05, 4.69) is 19.8 Å². The van der Waals surface area contributed by atoms with Crippen LogP contribution < -0.4 is 5.32 Å². The highest BCUT2D eigenvalue weighted by Gasteiger charge is 2.36. The van der Waals surface area contributed by atoms with Crippen LogP contribution in [0.1, 0.15) is 50.8 Å². The number of hydrogen-bond donors (Lipinski definition) is 1. The molecule has 1 aliphatic heterocycles. The van der Waals surface area contributed by atoms with Crippen LogP contribution in [0.5, 0.6) is 0 Å². The molecule has 0 bridgehead atoms. The normalized spacial score (nSPS) is 25.9. The van der Waals surface area contributed by atoms with Crippen LogP contribution in [0.3, 0.4) is 0 Å². The highest BCUT2D eigenvalue weighted by Crippen LogP contribution is 2.26. The Morgan fingerprint density at radius 2 is 2.12 bits per heavy atom. The molecule has 1 saturated heterocycles. The summed E-state index contributed by atoms with van der Waals surface area (Å²) < 4.78 is 8.12. The van der Waals surface area contributed by atoms with Gasteiger partial charge in [0.25, 0.3) is 0 Å². The van der Waals surface area contributed by atoms with Gasteiger partial charge < -0.3 is 14.6 Å². The van der Waals surface area contributed by atoms with Crippen molar-refractivity contribution < 1.29 is 9.53 Å². The highest BCUT2D eigenvalue weighted by atomic mass is 16.5. The zero-order chi connectivity index (χ0) is 16.9. The fourth-order valence-corrected chi connectivity index (χ4v) is 4.05. The number of amides is 1. The minimum Gasteiger partial charge on any atom is -0.377 e. The standard InChI is InChI=1S/C18H30N4O2/c1-14(23)20-17-13-22(10-11-24-15-6-4-3-5-7-15)12-16(17)18-19-8-9-21(18)2/h8-9,15-17H,3-7,10-13H2,1-2H3,(H,20,23)/t16-,17-/m1/s1. The molecule has 0 unspecified atom stereocenters. The Labute approximate surface area is 144 Å². The molecule has 2 fully saturated rings. The van der Waals surface area contributed by atoms with E-state index in [1.807, 2.05) is 19.4 Å². The van der Waals surface area contributed by atoms with Crippen molar-refractivity contribution in [2.24, 2.45) is 7.05 Å². The fraction of sp³-hybridized carbons (Fsp3) is 0.778. The smallest absolute Gasteiger partial charge is 0.217 e. The molecule has 3 rings (SSSR count). The molecule has 6 nitrogen and oxygen atoms in total. The van der Waals surface area contributed by atoms with Crippen molar-refractivity contribution >= 4 is 5.91 Å². The molecule has 2 heterocycles. The predicted molar refractivity (Wildman–Crippen MR) is 92.8 cm³/mol. The first-order valence-electron chi connectivity index (χ1n) is 9.22. The molecular formula is C18H30N4O2. The average molecular weight is 334 g/mol. The lowest BCUT2D eigenvalue weighted by Gasteiger charge is -2.23. The molecule has 1 aromatic heterocycles. The van der Waals surface area contributed by atoms with Gasteiger partial charge in [-0.25, -0.2) is 4.98 Å². The zero-order valence-electron chi connectivity index (χ0n) is 14.9. The number of aromatic nitrogens is 2. The largest absolute Gasteiger partial charge is 0.377 e. The van der Waals surface area contributed by atoms with E-state index in [9.17, 15) is 4.79 Å². The number of ether oxygens (including phenoxy) is 1. The van der Waals surface area contributed by atoms with Gasteiger partial charge in [0.1, 0.15) is 5.82 Å². The van der Waals surface area contributed by atoms with Gasteiger partial charge in [0.05, 0.1) is 24.7 Å². The van der Waals surface area contributed by atoms with Crippen molar-refractivity contribution in [3.05, 3.63) is 18.2 Å². The van der Waals surface area contributed by atoms with E-state index in [0.29, 0.717) is 6.10 Å². The Balaban J connectivity index is 1.53. The number of nitrogens with one attached hydrogen (secondary N) is 1. The van der Waals surface area contributed by atoms with Crippen molar-refractivity contribution in [1.82, 2.24) is 19.8 Å². The molecule has 1 aromatic rings. The maximum Gasteiger partial charge on any atom is 0.217 e. The lowest BCUT2D eigenvalue weighted by molar-refractivity contribution is -0.119. The van der Waals surface area contributed by atoms with Crippen LogP contribution in [0.25, 0.3) is 0 Å². The molecule has 0 spiro atoms. The fourth-order valence-electron chi connectivity index (χ4n) is 4.05. The first kappa shape index (κ1) is 17.4. The summed E-state index contributed by atoms with van der Waals surface area (Å²) in [4.78, 5) is 18.4. The lowest BCUT2D eigenvalue weighted by atomic mass is 9.98. The maximum atomic E-state index is 11.5. The van der Waals surface area contributed by atoms with E-state index in [1.165, 1.54) is 32.1 Å². The van der Waals surface area contributed by atoms with Crippen LogP contribution in [0.2, 0.25) is 0 Å². The molecule has 24 heavy (non-hydrogen) atoms. The van der Waals surface area contributed by atoms with Crippen LogP contribution in [0.15, 0.2) is 12.4 Å². The van der Waals surface area contributed by atoms with Crippen LogP contribution in [0, 0.1) is 0 Å². The number of likely N-dealkylation sites (tertiary alicyclic amines) is 1. The van der Waals surface area contributed by atoms with Crippen molar-refractivity contribution in [2.75, 3.05) is 26.2 Å². The quantitative estimate of drug-likeness (QED) is 0.860. The van der Waals surface area contributed by atoms with Crippen LogP contribution >= 0.6 is 0 Å². The first-order chi connectivity index (χ1) is 11.6. The van der Waals surface area contributed by atoms with E-state index >= 15 is 0 Å². The predicted octanol–water partition coefficient (Wildman–Crippen LogP) is 1.67. The summed E-state index contributed by atoms with van der Waals surface area (Å²) in [5.41, 5.74) is 0. The second-order valence-corrected chi connectivity index (χ2v) is 7.20. The Kier molecular flexibility index (Phi) is 5.89. The third kappa shape index (κ3) is 4.36. The van der Waals surface area contributed by atoms with Gasteiger partial charge in [-0.2, -0.15) is 0 Å². The zero-order valence-corrected chi connectivity index (χ0v) is 14.9. The van der Waals surface area contributed by atoms with Gasteiger partial charge in [0.2, 0.25) is 5.91 Å². The van der Waals surface area contributed by atoms with E-state index in [1.54, 1.807) is 6.92 Å². The molecular weight excluding hydrogens is 304 g/mol. The van der Waals surface area contributed by atoms with Crippen molar-refractivity contribution in [3.8, 4) is 0 Å². The first-order valence-corrected chi connectivity index (χ1v) is 9.22. The third-order valence-electron chi connectivity index (χ3n) is 5.29. The second-order valence-electron chi connectivity index (χ2n) is 7.20. The molecule has 1 amide bonds. The Morgan fingerprint density at radius 3 is 2.79 bits per heavy atom. The summed E-state index contributed by atoms with van der Waals surface area (Å²) in [6.07, 6.45) is 10.6. The summed E-state index contributed by atoms with van der Waals surface area (Å²) in [5.74, 6) is 1.31. The molecule has 134 valence electrons. The minimum absolute atomic E-state index is 0.0273. The summed E-state index contributed by atoms with van der Waals surface area (Å²) in [6.45, 7) is 5.08. The summed E-state index contributed by atoms with van der Waals surface area (Å²) in [5, 5.41) is 3.10. The Hall–Kier alpha value is -1.40. The van der Waals surface area contributed by atoms with Crippen LogP contribution in [-0.2, 0) is 16.6 Å². The number of imidazole rings is 1. The molecule has 0 radical (unpaired) electrons.